The minimum atomic E-state index is -3.33. The van der Waals surface area contributed by atoms with Crippen LogP contribution >= 0.6 is 0 Å². The zero-order chi connectivity index (χ0) is 13.2. The number of carbonyl (C=O) groups is 1. The van der Waals surface area contributed by atoms with Crippen LogP contribution in [0.25, 0.3) is 0 Å². The lowest BCUT2D eigenvalue weighted by Gasteiger charge is -2.20. The molecular formula is C12H16N2O3S. The zero-order valence-electron chi connectivity index (χ0n) is 10.2. The molecule has 2 rings (SSSR count). The van der Waals surface area contributed by atoms with Crippen LogP contribution in [0, 0.1) is 0 Å². The highest BCUT2D eigenvalue weighted by molar-refractivity contribution is 7.92. The fourth-order valence-corrected chi connectivity index (χ4v) is 2.59. The van der Waals surface area contributed by atoms with Gasteiger partial charge in [0.05, 0.1) is 17.1 Å². The number of nitrogens with one attached hydrogen (secondary N) is 1. The Morgan fingerprint density at radius 1 is 1.33 bits per heavy atom. The SMILES string of the molecule is CCS(=O)(=O)Nc1ccccc1N1CCCC1=O. The van der Waals surface area contributed by atoms with Crippen LogP contribution in [0.5, 0.6) is 0 Å². The molecule has 0 atom stereocenters. The Hall–Kier alpha value is -1.56. The molecule has 1 N–H and O–H groups in total. The van der Waals surface area contributed by atoms with Crippen LogP contribution < -0.4 is 9.62 Å². The van der Waals surface area contributed by atoms with Crippen molar-refractivity contribution in [3.63, 3.8) is 0 Å². The molecule has 0 radical (unpaired) electrons. The minimum absolute atomic E-state index is 0.00921. The fourth-order valence-electron chi connectivity index (χ4n) is 1.94. The number of para-hydroxylation sites is 2. The van der Waals surface area contributed by atoms with E-state index < -0.39 is 10.0 Å². The number of nitrogens with zero attached hydrogens (tertiary/aromatic N) is 1. The first-order valence-corrected chi connectivity index (χ1v) is 7.58. The lowest BCUT2D eigenvalue weighted by Crippen LogP contribution is -2.26. The number of amides is 1. The van der Waals surface area contributed by atoms with Gasteiger partial charge in [-0.2, -0.15) is 0 Å². The van der Waals surface area contributed by atoms with Gasteiger partial charge in [-0.1, -0.05) is 12.1 Å². The molecule has 5 nitrogen and oxygen atoms in total. The Kier molecular flexibility index (Phi) is 3.56. The Morgan fingerprint density at radius 2 is 2.06 bits per heavy atom. The number of anilines is 2. The van der Waals surface area contributed by atoms with Gasteiger partial charge in [-0.05, 0) is 25.5 Å². The van der Waals surface area contributed by atoms with Crippen LogP contribution in [0.4, 0.5) is 11.4 Å². The third kappa shape index (κ3) is 2.64. The van der Waals surface area contributed by atoms with Crippen LogP contribution in [-0.2, 0) is 14.8 Å². The van der Waals surface area contributed by atoms with Crippen molar-refractivity contribution in [3.05, 3.63) is 24.3 Å². The average molecular weight is 268 g/mol. The summed E-state index contributed by atoms with van der Waals surface area (Å²) < 4.78 is 25.7. The van der Waals surface area contributed by atoms with Crippen LogP contribution in [-0.4, -0.2) is 26.6 Å². The van der Waals surface area contributed by atoms with E-state index in [2.05, 4.69) is 4.72 Å². The molecule has 0 spiro atoms. The first kappa shape index (κ1) is 12.9. The Labute approximate surface area is 107 Å². The molecule has 98 valence electrons. The van der Waals surface area contributed by atoms with Gasteiger partial charge in [-0.25, -0.2) is 8.42 Å². The maximum atomic E-state index is 11.7. The van der Waals surface area contributed by atoms with Crippen molar-refractivity contribution < 1.29 is 13.2 Å². The van der Waals surface area contributed by atoms with Crippen LogP contribution in [0.15, 0.2) is 24.3 Å². The highest BCUT2D eigenvalue weighted by Crippen LogP contribution is 2.29. The molecule has 0 bridgehead atoms. The minimum Gasteiger partial charge on any atom is -0.310 e. The molecule has 18 heavy (non-hydrogen) atoms. The molecule has 1 saturated heterocycles. The molecule has 1 aliphatic rings. The third-order valence-electron chi connectivity index (χ3n) is 2.91. The molecule has 0 saturated carbocycles. The van der Waals surface area contributed by atoms with Gasteiger partial charge in [-0.3, -0.25) is 9.52 Å². The van der Waals surface area contributed by atoms with Gasteiger partial charge < -0.3 is 4.90 Å². The smallest absolute Gasteiger partial charge is 0.232 e. The summed E-state index contributed by atoms with van der Waals surface area (Å²) in [7, 11) is -3.33. The van der Waals surface area contributed by atoms with Gasteiger partial charge >= 0.3 is 0 Å². The normalized spacial score (nSPS) is 16.1. The van der Waals surface area contributed by atoms with Crippen LogP contribution in [0.2, 0.25) is 0 Å². The summed E-state index contributed by atoms with van der Waals surface area (Å²) in [5, 5.41) is 0. The maximum absolute atomic E-state index is 11.7. The van der Waals surface area contributed by atoms with Crippen molar-refractivity contribution in [2.24, 2.45) is 0 Å². The van der Waals surface area contributed by atoms with Crippen molar-refractivity contribution in [2.45, 2.75) is 19.8 Å². The molecule has 1 aliphatic heterocycles. The number of carbonyl (C=O) groups excluding carboxylic acids is 1. The molecule has 0 aromatic heterocycles. The van der Waals surface area contributed by atoms with Gasteiger partial charge in [0.25, 0.3) is 0 Å². The highest BCUT2D eigenvalue weighted by atomic mass is 32.2. The summed E-state index contributed by atoms with van der Waals surface area (Å²) in [6.45, 7) is 2.22. The van der Waals surface area contributed by atoms with Gasteiger partial charge in [0, 0.05) is 13.0 Å². The first-order valence-electron chi connectivity index (χ1n) is 5.93. The first-order chi connectivity index (χ1) is 8.53. The second-order valence-corrected chi connectivity index (χ2v) is 6.18. The second kappa shape index (κ2) is 4.97. The van der Waals surface area contributed by atoms with E-state index in [1.807, 2.05) is 0 Å². The van der Waals surface area contributed by atoms with Gasteiger partial charge in [0.1, 0.15) is 0 Å². The number of sulfonamides is 1. The Balaban J connectivity index is 2.34. The van der Waals surface area contributed by atoms with Crippen molar-refractivity contribution in [3.8, 4) is 0 Å². The molecule has 0 unspecified atom stereocenters. The average Bonchev–Trinajstić information content (AvgIpc) is 2.76. The second-order valence-electron chi connectivity index (χ2n) is 4.17. The zero-order valence-corrected chi connectivity index (χ0v) is 11.0. The summed E-state index contributed by atoms with van der Waals surface area (Å²) >= 11 is 0. The number of hydrogen-bond acceptors (Lipinski definition) is 3. The quantitative estimate of drug-likeness (QED) is 0.901. The Bertz CT molecular complexity index is 554. The van der Waals surface area contributed by atoms with Gasteiger partial charge in [-0.15, -0.1) is 0 Å². The third-order valence-corrected chi connectivity index (χ3v) is 4.20. The van der Waals surface area contributed by atoms with Crippen LogP contribution in [0.3, 0.4) is 0 Å². The van der Waals surface area contributed by atoms with Gasteiger partial charge in [0.2, 0.25) is 15.9 Å². The van der Waals surface area contributed by atoms with E-state index >= 15 is 0 Å². The van der Waals surface area contributed by atoms with Crippen molar-refractivity contribution in [1.29, 1.82) is 0 Å². The highest BCUT2D eigenvalue weighted by Gasteiger charge is 2.24. The van der Waals surface area contributed by atoms with E-state index in [1.54, 1.807) is 36.1 Å². The van der Waals surface area contributed by atoms with Crippen LogP contribution in [0.1, 0.15) is 19.8 Å². The summed E-state index contributed by atoms with van der Waals surface area (Å²) in [6.07, 6.45) is 1.34. The molecule has 0 aliphatic carbocycles. The van der Waals surface area contributed by atoms with Gasteiger partial charge in [0.15, 0.2) is 0 Å². The van der Waals surface area contributed by atoms with Crippen molar-refractivity contribution in [2.75, 3.05) is 21.9 Å². The predicted molar refractivity (Wildman–Crippen MR) is 71.1 cm³/mol. The summed E-state index contributed by atoms with van der Waals surface area (Å²) in [4.78, 5) is 13.3. The molecule has 1 fully saturated rings. The van der Waals surface area contributed by atoms with E-state index in [0.717, 1.165) is 6.42 Å². The van der Waals surface area contributed by atoms with E-state index in [9.17, 15) is 13.2 Å². The standard InChI is InChI=1S/C12H16N2O3S/c1-2-18(16,17)13-10-6-3-4-7-11(10)14-9-5-8-12(14)15/h3-4,6-7,13H,2,5,8-9H2,1H3. The Morgan fingerprint density at radius 3 is 2.67 bits per heavy atom. The lowest BCUT2D eigenvalue weighted by atomic mass is 10.2. The molecule has 1 amide bonds. The fraction of sp³-hybridized carbons (Fsp3) is 0.417. The maximum Gasteiger partial charge on any atom is 0.232 e. The van der Waals surface area contributed by atoms with Crippen molar-refractivity contribution >= 4 is 27.3 Å². The number of benzene rings is 1. The molecule has 1 aromatic rings. The van der Waals surface area contributed by atoms with E-state index in [1.165, 1.54) is 0 Å². The molecule has 1 heterocycles. The van der Waals surface area contributed by atoms with E-state index in [4.69, 9.17) is 0 Å². The summed E-state index contributed by atoms with van der Waals surface area (Å²) in [5.74, 6) is 0.0492. The number of hydrogen-bond donors (Lipinski definition) is 1. The van der Waals surface area contributed by atoms with E-state index in [-0.39, 0.29) is 11.7 Å². The summed E-state index contributed by atoms with van der Waals surface area (Å²) in [6, 6.07) is 6.98. The van der Waals surface area contributed by atoms with Crippen molar-refractivity contribution in [1.82, 2.24) is 0 Å². The lowest BCUT2D eigenvalue weighted by molar-refractivity contribution is -0.117. The summed E-state index contributed by atoms with van der Waals surface area (Å²) in [5.41, 5.74) is 1.10. The molecule has 1 aromatic carbocycles. The largest absolute Gasteiger partial charge is 0.310 e. The topological polar surface area (TPSA) is 66.5 Å². The molecule has 6 heteroatoms. The molecular weight excluding hydrogens is 252 g/mol. The predicted octanol–water partition coefficient (Wildman–Crippen LogP) is 1.58. The monoisotopic (exact) mass is 268 g/mol. The van der Waals surface area contributed by atoms with E-state index in [0.29, 0.717) is 24.3 Å². The number of rotatable bonds is 4.